The quantitative estimate of drug-likeness (QED) is 0.862. The Morgan fingerprint density at radius 3 is 2.40 bits per heavy atom. The normalized spacial score (nSPS) is 11.4. The second kappa shape index (κ2) is 5.46. The van der Waals surface area contributed by atoms with Crippen LogP contribution in [0.4, 0.5) is 17.3 Å². The molecule has 0 fully saturated rings. The van der Waals surface area contributed by atoms with Gasteiger partial charge in [-0.25, -0.2) is 9.97 Å². The van der Waals surface area contributed by atoms with Gasteiger partial charge in [0.25, 0.3) is 0 Å². The first-order valence-electron chi connectivity index (χ1n) is 6.13. The fraction of sp³-hybridized carbons (Fsp3) is 0.286. The van der Waals surface area contributed by atoms with E-state index in [0.717, 1.165) is 0 Å². The Morgan fingerprint density at radius 2 is 1.80 bits per heavy atom. The molecule has 0 spiro atoms. The third-order valence-electron chi connectivity index (χ3n) is 2.61. The van der Waals surface area contributed by atoms with E-state index in [0.29, 0.717) is 33.2 Å². The highest BCUT2D eigenvalue weighted by Crippen LogP contribution is 2.29. The molecule has 106 valence electrons. The van der Waals surface area contributed by atoms with E-state index in [4.69, 9.17) is 28.9 Å². The minimum absolute atomic E-state index is 0.185. The minimum Gasteiger partial charge on any atom is -0.384 e. The van der Waals surface area contributed by atoms with Crippen molar-refractivity contribution in [2.75, 3.05) is 11.1 Å². The molecule has 0 atom stereocenters. The Balaban J connectivity index is 2.36. The van der Waals surface area contributed by atoms with Crippen molar-refractivity contribution in [3.8, 4) is 0 Å². The van der Waals surface area contributed by atoms with E-state index in [1.165, 1.54) is 0 Å². The van der Waals surface area contributed by atoms with E-state index < -0.39 is 0 Å². The van der Waals surface area contributed by atoms with Crippen LogP contribution in [0.1, 0.15) is 26.6 Å². The molecule has 2 rings (SSSR count). The number of aromatic nitrogens is 2. The zero-order valence-electron chi connectivity index (χ0n) is 11.5. The van der Waals surface area contributed by atoms with Crippen LogP contribution in [-0.4, -0.2) is 9.97 Å². The molecule has 0 bridgehead atoms. The Kier molecular flexibility index (Phi) is 4.06. The van der Waals surface area contributed by atoms with Gasteiger partial charge in [-0.05, 0) is 18.2 Å². The number of nitrogens with zero attached hydrogens (tertiary/aromatic N) is 2. The van der Waals surface area contributed by atoms with Gasteiger partial charge in [-0.1, -0.05) is 44.0 Å². The number of nitrogens with one attached hydrogen (secondary N) is 1. The largest absolute Gasteiger partial charge is 0.384 e. The lowest BCUT2D eigenvalue weighted by molar-refractivity contribution is 0.547. The Morgan fingerprint density at radius 1 is 1.10 bits per heavy atom. The van der Waals surface area contributed by atoms with Crippen LogP contribution < -0.4 is 11.1 Å². The van der Waals surface area contributed by atoms with Gasteiger partial charge in [0, 0.05) is 16.5 Å². The van der Waals surface area contributed by atoms with Gasteiger partial charge in [-0.3, -0.25) is 0 Å². The molecule has 3 N–H and O–H groups in total. The average Bonchev–Trinajstić information content (AvgIpc) is 2.31. The molecule has 2 aromatic rings. The molecule has 1 aromatic carbocycles. The predicted molar refractivity (Wildman–Crippen MR) is 84.9 cm³/mol. The van der Waals surface area contributed by atoms with Crippen molar-refractivity contribution in [2.24, 2.45) is 0 Å². The summed E-state index contributed by atoms with van der Waals surface area (Å²) in [7, 11) is 0. The topological polar surface area (TPSA) is 63.8 Å². The summed E-state index contributed by atoms with van der Waals surface area (Å²) in [5.74, 6) is 1.69. The molecule has 0 aliphatic rings. The molecule has 1 aromatic heterocycles. The Labute approximate surface area is 128 Å². The van der Waals surface area contributed by atoms with Gasteiger partial charge >= 0.3 is 0 Å². The fourth-order valence-electron chi connectivity index (χ4n) is 1.59. The van der Waals surface area contributed by atoms with Gasteiger partial charge < -0.3 is 11.1 Å². The highest BCUT2D eigenvalue weighted by Gasteiger charge is 2.18. The van der Waals surface area contributed by atoms with Crippen LogP contribution in [0.5, 0.6) is 0 Å². The van der Waals surface area contributed by atoms with Crippen LogP contribution in [0.3, 0.4) is 0 Å². The molecule has 0 radical (unpaired) electrons. The summed E-state index contributed by atoms with van der Waals surface area (Å²) in [4.78, 5) is 8.73. The molecule has 0 saturated carbocycles. The highest BCUT2D eigenvalue weighted by atomic mass is 35.5. The van der Waals surface area contributed by atoms with E-state index in [1.807, 2.05) is 20.8 Å². The number of nitrogen functional groups attached to an aromatic ring is 1. The van der Waals surface area contributed by atoms with E-state index in [1.54, 1.807) is 24.3 Å². The number of rotatable bonds is 2. The van der Waals surface area contributed by atoms with Crippen LogP contribution >= 0.6 is 23.2 Å². The van der Waals surface area contributed by atoms with Gasteiger partial charge in [0.2, 0.25) is 0 Å². The fourth-order valence-corrected chi connectivity index (χ4v) is 2.05. The van der Waals surface area contributed by atoms with E-state index in [9.17, 15) is 0 Å². The standard InChI is InChI=1S/C14H16Cl2N4/c1-14(2,3)13-19-11(17)7-12(20-13)18-10-5-4-8(15)6-9(10)16/h4-7H,1-3H3,(H3,17,18,19,20). The highest BCUT2D eigenvalue weighted by molar-refractivity contribution is 6.36. The molecule has 0 amide bonds. The summed E-state index contributed by atoms with van der Waals surface area (Å²) >= 11 is 12.0. The average molecular weight is 311 g/mol. The minimum atomic E-state index is -0.185. The molecule has 0 saturated heterocycles. The summed E-state index contributed by atoms with van der Waals surface area (Å²) in [5.41, 5.74) is 6.36. The molecule has 0 aliphatic heterocycles. The van der Waals surface area contributed by atoms with Crippen LogP contribution in [0.25, 0.3) is 0 Å². The van der Waals surface area contributed by atoms with Crippen LogP contribution in [0.15, 0.2) is 24.3 Å². The molecular weight excluding hydrogens is 295 g/mol. The molecule has 0 aliphatic carbocycles. The second-order valence-corrected chi connectivity index (χ2v) is 6.34. The number of benzene rings is 1. The molecule has 6 heteroatoms. The van der Waals surface area contributed by atoms with Crippen molar-refractivity contribution in [2.45, 2.75) is 26.2 Å². The number of hydrogen-bond acceptors (Lipinski definition) is 4. The summed E-state index contributed by atoms with van der Waals surface area (Å²) in [6.07, 6.45) is 0. The first-order valence-corrected chi connectivity index (χ1v) is 6.88. The molecule has 4 nitrogen and oxygen atoms in total. The van der Waals surface area contributed by atoms with Crippen LogP contribution in [-0.2, 0) is 5.41 Å². The zero-order chi connectivity index (χ0) is 14.9. The van der Waals surface area contributed by atoms with Gasteiger partial charge in [0.15, 0.2) is 0 Å². The van der Waals surface area contributed by atoms with Gasteiger partial charge in [-0.15, -0.1) is 0 Å². The van der Waals surface area contributed by atoms with Crippen molar-refractivity contribution in [3.05, 3.63) is 40.1 Å². The molecule has 1 heterocycles. The van der Waals surface area contributed by atoms with Crippen molar-refractivity contribution in [1.29, 1.82) is 0 Å². The summed E-state index contributed by atoms with van der Waals surface area (Å²) in [6.45, 7) is 6.09. The number of hydrogen-bond donors (Lipinski definition) is 2. The maximum Gasteiger partial charge on any atom is 0.138 e. The maximum atomic E-state index is 6.13. The number of anilines is 3. The number of halogens is 2. The van der Waals surface area contributed by atoms with Crippen molar-refractivity contribution in [3.63, 3.8) is 0 Å². The molecule has 20 heavy (non-hydrogen) atoms. The summed E-state index contributed by atoms with van der Waals surface area (Å²) in [6, 6.07) is 6.88. The second-order valence-electron chi connectivity index (χ2n) is 5.50. The SMILES string of the molecule is CC(C)(C)c1nc(N)cc(Nc2ccc(Cl)cc2Cl)n1. The lowest BCUT2D eigenvalue weighted by Gasteiger charge is -2.18. The molecule has 0 unspecified atom stereocenters. The lowest BCUT2D eigenvalue weighted by Crippen LogP contribution is -2.17. The van der Waals surface area contributed by atoms with E-state index >= 15 is 0 Å². The van der Waals surface area contributed by atoms with Gasteiger partial charge in [0.05, 0.1) is 10.7 Å². The first-order chi connectivity index (χ1) is 9.25. The Hall–Kier alpha value is -1.52. The third-order valence-corrected chi connectivity index (χ3v) is 3.16. The van der Waals surface area contributed by atoms with E-state index in [2.05, 4.69) is 15.3 Å². The molecular formula is C14H16Cl2N4. The number of nitrogens with two attached hydrogens (primary N) is 1. The van der Waals surface area contributed by atoms with Crippen LogP contribution in [0, 0.1) is 0 Å². The van der Waals surface area contributed by atoms with Gasteiger partial charge in [0.1, 0.15) is 17.5 Å². The lowest BCUT2D eigenvalue weighted by atomic mass is 9.96. The van der Waals surface area contributed by atoms with E-state index in [-0.39, 0.29) is 5.41 Å². The van der Waals surface area contributed by atoms with Crippen molar-refractivity contribution >= 4 is 40.5 Å². The summed E-state index contributed by atoms with van der Waals surface area (Å²) < 4.78 is 0. The first kappa shape index (κ1) is 14.9. The van der Waals surface area contributed by atoms with Crippen molar-refractivity contribution < 1.29 is 0 Å². The predicted octanol–water partition coefficient (Wildman–Crippen LogP) is 4.41. The van der Waals surface area contributed by atoms with Crippen molar-refractivity contribution in [1.82, 2.24) is 9.97 Å². The zero-order valence-corrected chi connectivity index (χ0v) is 13.0. The summed E-state index contributed by atoms with van der Waals surface area (Å²) in [5, 5.41) is 4.23. The smallest absolute Gasteiger partial charge is 0.138 e. The maximum absolute atomic E-state index is 6.13. The third kappa shape index (κ3) is 3.52. The van der Waals surface area contributed by atoms with Gasteiger partial charge in [-0.2, -0.15) is 0 Å². The van der Waals surface area contributed by atoms with Crippen LogP contribution in [0.2, 0.25) is 10.0 Å². The Bertz CT molecular complexity index is 636. The monoisotopic (exact) mass is 310 g/mol.